The molecule has 0 fully saturated rings. The second-order valence-corrected chi connectivity index (χ2v) is 5.17. The van der Waals surface area contributed by atoms with Crippen LogP contribution in [-0.2, 0) is 14.8 Å². The molecule has 1 amide bonds. The summed E-state index contributed by atoms with van der Waals surface area (Å²) in [7, 11) is -3.96. The van der Waals surface area contributed by atoms with Gasteiger partial charge in [-0.3, -0.25) is 4.79 Å². The molecule has 0 bridgehead atoms. The molecule has 1 aliphatic heterocycles. The molecule has 84 valence electrons. The predicted molar refractivity (Wildman–Crippen MR) is 58.1 cm³/mol. The number of carbonyl (C=O) groups is 1. The number of benzene rings is 1. The highest BCUT2D eigenvalue weighted by Crippen LogP contribution is 2.28. The van der Waals surface area contributed by atoms with E-state index in [9.17, 15) is 18.3 Å². The van der Waals surface area contributed by atoms with E-state index in [1.54, 1.807) is 4.72 Å². The molecule has 1 heterocycles. The number of hydrogen-bond donors (Lipinski definition) is 2. The Bertz CT molecular complexity index is 588. The largest absolute Gasteiger partial charge is 0.502 e. The van der Waals surface area contributed by atoms with Gasteiger partial charge in [0.1, 0.15) is 4.91 Å². The van der Waals surface area contributed by atoms with Crippen LogP contribution >= 0.6 is 11.6 Å². The molecule has 1 aliphatic rings. The Morgan fingerprint density at radius 2 is 1.75 bits per heavy atom. The number of nitrogens with one attached hydrogen (secondary N) is 1. The summed E-state index contributed by atoms with van der Waals surface area (Å²) in [5, 5.41) is 9.80. The Kier molecular flexibility index (Phi) is 2.40. The van der Waals surface area contributed by atoms with Crippen LogP contribution in [0.1, 0.15) is 5.56 Å². The van der Waals surface area contributed by atoms with Crippen LogP contribution in [0.3, 0.4) is 0 Å². The van der Waals surface area contributed by atoms with E-state index in [2.05, 4.69) is 0 Å². The highest BCUT2D eigenvalue weighted by Gasteiger charge is 2.36. The van der Waals surface area contributed by atoms with Gasteiger partial charge in [0.15, 0.2) is 0 Å². The zero-order valence-electron chi connectivity index (χ0n) is 7.77. The van der Waals surface area contributed by atoms with Gasteiger partial charge in [0.25, 0.3) is 10.0 Å². The molecule has 0 aliphatic carbocycles. The van der Waals surface area contributed by atoms with Crippen molar-refractivity contribution < 1.29 is 18.3 Å². The van der Waals surface area contributed by atoms with Crippen LogP contribution in [0, 0.1) is 0 Å². The zero-order chi connectivity index (χ0) is 11.9. The number of amides is 1. The van der Waals surface area contributed by atoms with Gasteiger partial charge in [-0.1, -0.05) is 23.7 Å². The minimum Gasteiger partial charge on any atom is -0.502 e. The lowest BCUT2D eigenvalue weighted by atomic mass is 10.2. The van der Waals surface area contributed by atoms with Crippen molar-refractivity contribution in [2.75, 3.05) is 0 Å². The van der Waals surface area contributed by atoms with E-state index in [0.29, 0.717) is 5.02 Å². The average Bonchev–Trinajstić information content (AvgIpc) is 2.39. The van der Waals surface area contributed by atoms with Crippen molar-refractivity contribution in [2.24, 2.45) is 0 Å². The Hall–Kier alpha value is -1.53. The molecule has 0 saturated heterocycles. The van der Waals surface area contributed by atoms with Crippen molar-refractivity contribution in [1.29, 1.82) is 0 Å². The Morgan fingerprint density at radius 1 is 1.19 bits per heavy atom. The van der Waals surface area contributed by atoms with E-state index >= 15 is 0 Å². The first-order valence-electron chi connectivity index (χ1n) is 4.18. The number of halogens is 1. The fraction of sp³-hybridized carbons (Fsp3) is 0. The van der Waals surface area contributed by atoms with Crippen molar-refractivity contribution in [3.63, 3.8) is 0 Å². The zero-order valence-corrected chi connectivity index (χ0v) is 9.34. The van der Waals surface area contributed by atoms with Gasteiger partial charge in [-0.2, -0.15) is 0 Å². The summed E-state index contributed by atoms with van der Waals surface area (Å²) in [5.74, 6) is -1.83. The topological polar surface area (TPSA) is 83.5 Å². The number of carbonyl (C=O) groups excluding carboxylic acids is 1. The van der Waals surface area contributed by atoms with Crippen molar-refractivity contribution in [3.8, 4) is 0 Å². The molecule has 16 heavy (non-hydrogen) atoms. The number of rotatable bonds is 1. The van der Waals surface area contributed by atoms with Gasteiger partial charge in [0, 0.05) is 5.02 Å². The molecule has 2 N–H and O–H groups in total. The second kappa shape index (κ2) is 3.50. The SMILES string of the molecule is O=C1NS(=O)(=O)C(c2ccc(Cl)cc2)=C1O. The lowest BCUT2D eigenvalue weighted by Crippen LogP contribution is -2.23. The van der Waals surface area contributed by atoms with Gasteiger partial charge in [0.05, 0.1) is 0 Å². The number of aliphatic hydroxyl groups excluding tert-OH is 1. The molecule has 7 heteroatoms. The van der Waals surface area contributed by atoms with Gasteiger partial charge < -0.3 is 5.11 Å². The number of sulfonamides is 1. The lowest BCUT2D eigenvalue weighted by molar-refractivity contribution is -0.117. The minimum atomic E-state index is -3.96. The Morgan fingerprint density at radius 3 is 2.19 bits per heavy atom. The molecule has 0 spiro atoms. The van der Waals surface area contributed by atoms with Crippen LogP contribution < -0.4 is 4.72 Å². The van der Waals surface area contributed by atoms with Gasteiger partial charge >= 0.3 is 5.91 Å². The molecule has 0 radical (unpaired) electrons. The van der Waals surface area contributed by atoms with Crippen molar-refractivity contribution in [2.45, 2.75) is 0 Å². The Labute approximate surface area is 96.4 Å². The third-order valence-electron chi connectivity index (χ3n) is 2.03. The highest BCUT2D eigenvalue weighted by molar-refractivity contribution is 8.00. The maximum Gasteiger partial charge on any atom is 0.301 e. The minimum absolute atomic E-state index is 0.209. The van der Waals surface area contributed by atoms with Crippen molar-refractivity contribution in [1.82, 2.24) is 4.72 Å². The fourth-order valence-corrected chi connectivity index (χ4v) is 2.71. The molecule has 0 atom stereocenters. The van der Waals surface area contributed by atoms with E-state index in [4.69, 9.17) is 11.6 Å². The quantitative estimate of drug-likeness (QED) is 0.789. The maximum absolute atomic E-state index is 11.5. The second-order valence-electron chi connectivity index (χ2n) is 3.12. The summed E-state index contributed by atoms with van der Waals surface area (Å²) in [6.07, 6.45) is 0. The molecule has 0 unspecified atom stereocenters. The van der Waals surface area contributed by atoms with Crippen LogP contribution in [0.2, 0.25) is 5.02 Å². The molecule has 1 aromatic rings. The van der Waals surface area contributed by atoms with E-state index in [0.717, 1.165) is 0 Å². The van der Waals surface area contributed by atoms with E-state index < -0.39 is 26.6 Å². The maximum atomic E-state index is 11.5. The first-order chi connectivity index (χ1) is 7.42. The molecule has 1 aromatic carbocycles. The normalized spacial score (nSPS) is 18.7. The van der Waals surface area contributed by atoms with Crippen molar-refractivity contribution >= 4 is 32.4 Å². The van der Waals surface area contributed by atoms with E-state index in [1.807, 2.05) is 0 Å². The van der Waals surface area contributed by atoms with Crippen LogP contribution in [0.25, 0.3) is 4.91 Å². The van der Waals surface area contributed by atoms with Gasteiger partial charge in [-0.05, 0) is 17.7 Å². The molecular weight excluding hydrogens is 254 g/mol. The molecule has 5 nitrogen and oxygen atoms in total. The third-order valence-corrected chi connectivity index (χ3v) is 3.70. The van der Waals surface area contributed by atoms with Crippen molar-refractivity contribution in [3.05, 3.63) is 40.6 Å². The smallest absolute Gasteiger partial charge is 0.301 e. The lowest BCUT2D eigenvalue weighted by Gasteiger charge is -2.01. The monoisotopic (exact) mass is 259 g/mol. The third kappa shape index (κ3) is 1.66. The predicted octanol–water partition coefficient (Wildman–Crippen LogP) is 1.03. The summed E-state index contributed by atoms with van der Waals surface area (Å²) in [4.78, 5) is 10.6. The number of aliphatic hydroxyl groups is 1. The molecular formula is C9H6ClNO4S. The fourth-order valence-electron chi connectivity index (χ4n) is 1.34. The summed E-state index contributed by atoms with van der Waals surface area (Å²) in [6.45, 7) is 0. The van der Waals surface area contributed by atoms with E-state index in [1.165, 1.54) is 24.3 Å². The first kappa shape index (κ1) is 11.0. The highest BCUT2D eigenvalue weighted by atomic mass is 35.5. The summed E-state index contributed by atoms with van der Waals surface area (Å²) in [6, 6.07) is 5.75. The average molecular weight is 260 g/mol. The molecule has 0 saturated carbocycles. The standard InChI is InChI=1S/C9H6ClNO4S/c10-6-3-1-5(2-4-6)8-7(12)9(13)11-16(8,14)15/h1-4,12H,(H,11,13). The van der Waals surface area contributed by atoms with Gasteiger partial charge in [0.2, 0.25) is 5.76 Å². The molecule has 2 rings (SSSR count). The van der Waals surface area contributed by atoms with Gasteiger partial charge in [-0.15, -0.1) is 0 Å². The summed E-state index contributed by atoms with van der Waals surface area (Å²) < 4.78 is 24.7. The van der Waals surface area contributed by atoms with E-state index in [-0.39, 0.29) is 5.56 Å². The van der Waals surface area contributed by atoms with Gasteiger partial charge in [-0.25, -0.2) is 13.1 Å². The number of hydrogen-bond acceptors (Lipinski definition) is 4. The van der Waals surface area contributed by atoms with Crippen LogP contribution in [0.5, 0.6) is 0 Å². The summed E-state index contributed by atoms with van der Waals surface area (Å²) in [5.41, 5.74) is 0.209. The molecule has 0 aromatic heterocycles. The first-order valence-corrected chi connectivity index (χ1v) is 6.04. The van der Waals surface area contributed by atoms with Crippen LogP contribution in [0.15, 0.2) is 30.0 Å². The van der Waals surface area contributed by atoms with Crippen LogP contribution in [-0.4, -0.2) is 19.4 Å². The Balaban J connectivity index is 2.64. The summed E-state index contributed by atoms with van der Waals surface area (Å²) >= 11 is 5.64. The van der Waals surface area contributed by atoms with Crippen LogP contribution in [0.4, 0.5) is 0 Å².